The first-order valence-corrected chi connectivity index (χ1v) is 21.8. The molecule has 12 nitrogen and oxygen atoms in total. The maximum atomic E-state index is 14.2. The summed E-state index contributed by atoms with van der Waals surface area (Å²) < 4.78 is 24.5. The van der Waals surface area contributed by atoms with Crippen molar-refractivity contribution in [1.29, 1.82) is 0 Å². The summed E-state index contributed by atoms with van der Waals surface area (Å²) in [6, 6.07) is 0.101. The molecule has 20 atom stereocenters. The van der Waals surface area contributed by atoms with Crippen molar-refractivity contribution in [1.82, 2.24) is 5.32 Å². The molecule has 320 valence electrons. The van der Waals surface area contributed by atoms with E-state index in [4.69, 9.17) is 18.9 Å². The molecule has 56 heavy (non-hydrogen) atoms. The van der Waals surface area contributed by atoms with E-state index >= 15 is 0 Å². The summed E-state index contributed by atoms with van der Waals surface area (Å²) in [6.45, 7) is 21.7. The first kappa shape index (κ1) is 42.9. The topological polar surface area (TPSA) is 187 Å². The van der Waals surface area contributed by atoms with E-state index in [1.807, 2.05) is 0 Å². The second-order valence-corrected chi connectivity index (χ2v) is 20.8. The standard InChI is InChI=1S/C44H73NO11/c1-22(2)25-12-17-44(39(52)45-23(3)4)19-18-42(8)26(31(25)44)10-11-29-40(6)15-14-30(41(7,21-46)28(40)13-16-43(29,42)9)55-38-36(33(49)27(47)20-53-38)56-37-35(51)34(50)32(48)24(5)54-37/h23-38,46-51H,1,10-21H2,2-9H3,(H,45,52)/t24-,25-,26+,27-,28+,29+,30-,31+,32-,33-,34+,35+,36+,37-,38-,40-,41-,42+,43+,44-/m0/s1. The average molecular weight is 792 g/mol. The van der Waals surface area contributed by atoms with Gasteiger partial charge in [0.05, 0.1) is 30.8 Å². The Hall–Kier alpha value is -1.19. The predicted molar refractivity (Wildman–Crippen MR) is 208 cm³/mol. The molecule has 7 rings (SSSR count). The van der Waals surface area contributed by atoms with Crippen LogP contribution >= 0.6 is 0 Å². The van der Waals surface area contributed by atoms with Gasteiger partial charge in [0.25, 0.3) is 0 Å². The van der Waals surface area contributed by atoms with Crippen LogP contribution in [-0.2, 0) is 23.7 Å². The number of hydrogen-bond acceptors (Lipinski definition) is 11. The molecule has 0 aromatic heterocycles. The number of aliphatic hydroxyl groups is 6. The van der Waals surface area contributed by atoms with Crippen LogP contribution in [0.1, 0.15) is 120 Å². The first-order valence-electron chi connectivity index (χ1n) is 21.8. The van der Waals surface area contributed by atoms with Gasteiger partial charge in [-0.1, -0.05) is 39.8 Å². The zero-order chi connectivity index (χ0) is 40.9. The highest BCUT2D eigenvalue weighted by molar-refractivity contribution is 5.84. The summed E-state index contributed by atoms with van der Waals surface area (Å²) in [5.74, 6) is 1.83. The number of amides is 1. The lowest BCUT2D eigenvalue weighted by Crippen LogP contribution is -2.68. The Bertz CT molecular complexity index is 1480. The van der Waals surface area contributed by atoms with E-state index in [0.717, 1.165) is 57.8 Å². The molecule has 0 aromatic carbocycles. The Morgan fingerprint density at radius 1 is 0.821 bits per heavy atom. The van der Waals surface area contributed by atoms with E-state index in [-0.39, 0.29) is 58.7 Å². The van der Waals surface area contributed by atoms with Crippen molar-refractivity contribution in [2.45, 2.75) is 187 Å². The predicted octanol–water partition coefficient (Wildman–Crippen LogP) is 3.82. The molecular formula is C44H73NO11. The molecule has 2 heterocycles. The zero-order valence-corrected chi connectivity index (χ0v) is 35.2. The van der Waals surface area contributed by atoms with Crippen LogP contribution in [0.15, 0.2) is 12.2 Å². The Morgan fingerprint density at radius 3 is 2.20 bits per heavy atom. The fourth-order valence-electron chi connectivity index (χ4n) is 14.6. The average Bonchev–Trinajstić information content (AvgIpc) is 3.55. The van der Waals surface area contributed by atoms with Crippen molar-refractivity contribution in [2.75, 3.05) is 13.2 Å². The molecule has 5 saturated carbocycles. The minimum absolute atomic E-state index is 0.0376. The van der Waals surface area contributed by atoms with Crippen molar-refractivity contribution >= 4 is 5.91 Å². The molecule has 0 unspecified atom stereocenters. The normalized spacial score (nSPS) is 54.4. The van der Waals surface area contributed by atoms with Gasteiger partial charge in [0.1, 0.15) is 36.6 Å². The number of hydrogen-bond donors (Lipinski definition) is 7. The molecule has 12 heteroatoms. The lowest BCUT2D eigenvalue weighted by atomic mass is 9.32. The Morgan fingerprint density at radius 2 is 1.54 bits per heavy atom. The Balaban J connectivity index is 1.14. The van der Waals surface area contributed by atoms with Gasteiger partial charge in [-0.3, -0.25) is 4.79 Å². The Kier molecular flexibility index (Phi) is 11.5. The maximum Gasteiger partial charge on any atom is 0.226 e. The first-order chi connectivity index (χ1) is 26.2. The summed E-state index contributed by atoms with van der Waals surface area (Å²) in [4.78, 5) is 14.2. The molecule has 2 saturated heterocycles. The van der Waals surface area contributed by atoms with E-state index in [0.29, 0.717) is 24.2 Å². The van der Waals surface area contributed by atoms with Gasteiger partial charge in [-0.05, 0) is 138 Å². The monoisotopic (exact) mass is 792 g/mol. The summed E-state index contributed by atoms with van der Waals surface area (Å²) in [7, 11) is 0. The van der Waals surface area contributed by atoms with Gasteiger partial charge in [0, 0.05) is 11.5 Å². The molecule has 5 aliphatic carbocycles. The van der Waals surface area contributed by atoms with E-state index in [2.05, 4.69) is 60.4 Å². The fourth-order valence-corrected chi connectivity index (χ4v) is 14.6. The van der Waals surface area contributed by atoms with Crippen LogP contribution in [0.5, 0.6) is 0 Å². The minimum Gasteiger partial charge on any atom is -0.396 e. The van der Waals surface area contributed by atoms with Crippen molar-refractivity contribution < 1.29 is 54.4 Å². The summed E-state index contributed by atoms with van der Waals surface area (Å²) in [6.07, 6.45) is -2.88. The quantitative estimate of drug-likeness (QED) is 0.140. The number of rotatable bonds is 8. The van der Waals surface area contributed by atoms with E-state index < -0.39 is 66.8 Å². The second-order valence-electron chi connectivity index (χ2n) is 20.8. The molecular weight excluding hydrogens is 718 g/mol. The second kappa shape index (κ2) is 15.1. The van der Waals surface area contributed by atoms with E-state index in [1.165, 1.54) is 5.57 Å². The van der Waals surface area contributed by atoms with Crippen molar-refractivity contribution in [3.8, 4) is 0 Å². The SMILES string of the molecule is C=C(C)[C@@H]1CC[C@]2(C(=O)NC(C)C)CC[C@]3(C)[C@H](CC[C@@H]4[C@@]5(C)CC[C@H](O[C@@H]6OC[C@H](O)[C@H](O)[C@H]6O[C@@H]6O[C@@H](C)[C@H](O)[C@@H](O)[C@H]6O)[C@@](C)(CO)[C@@H]5CC[C@]43C)[C@@H]12. The fraction of sp³-hybridized carbons (Fsp3) is 0.932. The van der Waals surface area contributed by atoms with E-state index in [1.54, 1.807) is 6.92 Å². The number of ether oxygens (including phenoxy) is 4. The third kappa shape index (κ3) is 6.32. The van der Waals surface area contributed by atoms with Gasteiger partial charge in [-0.15, -0.1) is 0 Å². The summed E-state index contributed by atoms with van der Waals surface area (Å²) in [5.41, 5.74) is 0.197. The lowest BCUT2D eigenvalue weighted by molar-refractivity contribution is -0.366. The summed E-state index contributed by atoms with van der Waals surface area (Å²) >= 11 is 0. The third-order valence-electron chi connectivity index (χ3n) is 17.9. The zero-order valence-electron chi connectivity index (χ0n) is 35.2. The van der Waals surface area contributed by atoms with Crippen LogP contribution in [-0.4, -0.2) is 117 Å². The Labute approximate surface area is 334 Å². The van der Waals surface area contributed by atoms with Crippen molar-refractivity contribution in [3.05, 3.63) is 12.2 Å². The molecule has 0 radical (unpaired) electrons. The number of nitrogens with one attached hydrogen (secondary N) is 1. The minimum atomic E-state index is -1.61. The summed E-state index contributed by atoms with van der Waals surface area (Å²) in [5, 5.41) is 67.8. The third-order valence-corrected chi connectivity index (χ3v) is 17.9. The van der Waals surface area contributed by atoms with Crippen molar-refractivity contribution in [3.63, 3.8) is 0 Å². The molecule has 2 aliphatic heterocycles. The highest BCUT2D eigenvalue weighted by Gasteiger charge is 2.72. The van der Waals surface area contributed by atoms with Crippen LogP contribution in [0.2, 0.25) is 0 Å². The lowest BCUT2D eigenvalue weighted by Gasteiger charge is -2.73. The van der Waals surface area contributed by atoms with Gasteiger partial charge < -0.3 is 54.9 Å². The van der Waals surface area contributed by atoms with Crippen LogP contribution in [0.3, 0.4) is 0 Å². The number of carbonyl (C=O) groups is 1. The number of fused-ring (bicyclic) bond motifs is 7. The van der Waals surface area contributed by atoms with Crippen LogP contribution in [0.25, 0.3) is 0 Å². The van der Waals surface area contributed by atoms with E-state index in [9.17, 15) is 35.4 Å². The molecule has 7 aliphatic rings. The number of aliphatic hydroxyl groups excluding tert-OH is 6. The van der Waals surface area contributed by atoms with Gasteiger partial charge in [-0.25, -0.2) is 0 Å². The van der Waals surface area contributed by atoms with Crippen LogP contribution in [0.4, 0.5) is 0 Å². The van der Waals surface area contributed by atoms with Gasteiger partial charge in [0.15, 0.2) is 12.6 Å². The molecule has 0 bridgehead atoms. The molecule has 7 fully saturated rings. The molecule has 0 spiro atoms. The highest BCUT2D eigenvalue weighted by Crippen LogP contribution is 2.77. The highest BCUT2D eigenvalue weighted by atomic mass is 16.8. The number of carbonyl (C=O) groups excluding carboxylic acids is 1. The van der Waals surface area contributed by atoms with Crippen LogP contribution < -0.4 is 5.32 Å². The molecule has 0 aromatic rings. The van der Waals surface area contributed by atoms with Crippen LogP contribution in [0, 0.1) is 56.7 Å². The maximum absolute atomic E-state index is 14.2. The largest absolute Gasteiger partial charge is 0.396 e. The smallest absolute Gasteiger partial charge is 0.226 e. The van der Waals surface area contributed by atoms with Gasteiger partial charge in [0.2, 0.25) is 5.91 Å². The molecule has 1 amide bonds. The molecule has 7 N–H and O–H groups in total. The van der Waals surface area contributed by atoms with Gasteiger partial charge >= 0.3 is 0 Å². The number of allylic oxidation sites excluding steroid dienone is 1. The van der Waals surface area contributed by atoms with Crippen molar-refractivity contribution in [2.24, 2.45) is 56.7 Å². The van der Waals surface area contributed by atoms with Gasteiger partial charge in [-0.2, -0.15) is 0 Å².